The molecule has 0 bridgehead atoms. The Kier molecular flexibility index (Phi) is 12.5. The van der Waals surface area contributed by atoms with E-state index < -0.39 is 32.3 Å². The van der Waals surface area contributed by atoms with Crippen LogP contribution in [0.1, 0.15) is 11.1 Å². The van der Waals surface area contributed by atoms with Gasteiger partial charge in [0.15, 0.2) is 0 Å². The van der Waals surface area contributed by atoms with Crippen molar-refractivity contribution in [3.05, 3.63) is 59.7 Å². The van der Waals surface area contributed by atoms with Gasteiger partial charge in [-0.25, -0.2) is 0 Å². The zero-order valence-corrected chi connectivity index (χ0v) is 34.8. The predicted molar refractivity (Wildman–Crippen MR) is 202 cm³/mol. The van der Waals surface area contributed by atoms with Crippen LogP contribution in [0.5, 0.6) is 0 Å². The average Bonchev–Trinajstić information content (AvgIpc) is 2.72. The van der Waals surface area contributed by atoms with Crippen molar-refractivity contribution < 1.29 is 0 Å². The molecule has 40 heavy (non-hydrogen) atoms. The fourth-order valence-electron chi connectivity index (χ4n) is 7.24. The van der Waals surface area contributed by atoms with Crippen molar-refractivity contribution in [1.29, 1.82) is 0 Å². The molecule has 0 aliphatic rings. The molecular weight excluding hydrogens is 587 g/mol. The first-order valence-corrected chi connectivity index (χ1v) is 32.9. The molecule has 0 heterocycles. The third-order valence-corrected chi connectivity index (χ3v) is 46.8. The fourth-order valence-corrected chi connectivity index (χ4v) is 65.3. The van der Waals surface area contributed by atoms with Gasteiger partial charge in [0.05, 0.1) is 0 Å². The molecule has 0 N–H and O–H groups in total. The van der Waals surface area contributed by atoms with Gasteiger partial charge in [-0.2, -0.15) is 0 Å². The summed E-state index contributed by atoms with van der Waals surface area (Å²) in [5.41, 5.74) is 3.17. The maximum atomic E-state index is 2.71. The minimum atomic E-state index is -1.53. The second-order valence-corrected chi connectivity index (χ2v) is 47.0. The molecule has 2 rings (SSSR count). The van der Waals surface area contributed by atoms with Gasteiger partial charge in [-0.1, -0.05) is 127 Å². The normalized spacial score (nSPS) is 15.4. The van der Waals surface area contributed by atoms with Crippen LogP contribution in [0.4, 0.5) is 0 Å². The van der Waals surface area contributed by atoms with E-state index in [-0.39, 0.29) is 15.2 Å². The van der Waals surface area contributed by atoms with Crippen molar-refractivity contribution in [2.24, 2.45) is 0 Å². The minimum absolute atomic E-state index is 0.383. The quantitative estimate of drug-likeness (QED) is 0.158. The third kappa shape index (κ3) is 9.54. The highest BCUT2D eigenvalue weighted by Crippen LogP contribution is 2.77. The summed E-state index contributed by atoms with van der Waals surface area (Å²) >= 11 is 0. The lowest BCUT2D eigenvalue weighted by molar-refractivity contribution is 0.403. The summed E-state index contributed by atoms with van der Waals surface area (Å²) in [6.45, 7) is 34.5. The number of rotatable bonds is 13. The molecule has 2 aromatic rings. The Morgan fingerprint density at radius 3 is 0.950 bits per heavy atom. The molecule has 226 valence electrons. The van der Waals surface area contributed by atoms with Crippen molar-refractivity contribution in [1.82, 2.24) is 9.80 Å². The molecule has 2 aromatic carbocycles. The van der Waals surface area contributed by atoms with Crippen molar-refractivity contribution in [2.45, 2.75) is 101 Å². The molecule has 0 aliphatic carbocycles. The molecule has 2 atom stereocenters. The van der Waals surface area contributed by atoms with Crippen LogP contribution in [0.25, 0.3) is 0 Å². The predicted octanol–water partition coefficient (Wildman–Crippen LogP) is 8.89. The van der Waals surface area contributed by atoms with E-state index in [1.807, 2.05) is 0 Å². The maximum absolute atomic E-state index is 2.71. The second-order valence-electron chi connectivity index (χ2n) is 16.7. The summed E-state index contributed by atoms with van der Waals surface area (Å²) < 4.78 is 0. The van der Waals surface area contributed by atoms with E-state index in [9.17, 15) is 0 Å². The van der Waals surface area contributed by atoms with E-state index in [1.54, 1.807) is 21.7 Å². The molecule has 0 radical (unpaired) electrons. The Balaban J connectivity index is 3.20. The van der Waals surface area contributed by atoms with Crippen LogP contribution in [0, 0.1) is 0 Å². The molecule has 0 spiro atoms. The highest BCUT2D eigenvalue weighted by atomic mass is 32.1. The van der Waals surface area contributed by atoms with Crippen molar-refractivity contribution in [3.63, 3.8) is 0 Å². The molecule has 0 amide bonds. The number of nitrogens with zero attached hydrogens (tertiary/aromatic N) is 2. The van der Waals surface area contributed by atoms with E-state index in [4.69, 9.17) is 0 Å². The van der Waals surface area contributed by atoms with E-state index in [2.05, 4.69) is 165 Å². The monoisotopic (exact) mass is 648 g/mol. The van der Waals surface area contributed by atoms with E-state index >= 15 is 0 Å². The van der Waals surface area contributed by atoms with Crippen LogP contribution < -0.4 is 10.6 Å². The maximum Gasteiger partial charge on any atom is 0.0499 e. The highest BCUT2D eigenvalue weighted by molar-refractivity contribution is 8.38. The molecular formula is C32H62N2P2Si4. The standard InChI is InChI=1S/C32H62N2P2Si4/c1-33(2)25-27-21-17-19-23-29(27)35(31(37(5,6)7)38(8,9)10)36(32(39(11,12)13)40(14,15)16)30-24-20-18-22-28(30)26-34(3)4/h17-24,31-32H,25-26H2,1-16H3. The molecule has 0 saturated heterocycles. The van der Waals surface area contributed by atoms with Gasteiger partial charge < -0.3 is 9.80 Å². The van der Waals surface area contributed by atoms with E-state index in [0.717, 1.165) is 22.9 Å². The van der Waals surface area contributed by atoms with Gasteiger partial charge in [-0.15, -0.1) is 0 Å². The largest absolute Gasteiger partial charge is 0.305 e. The number of hydrogen-bond donors (Lipinski definition) is 0. The molecule has 2 unspecified atom stereocenters. The molecule has 0 aromatic heterocycles. The van der Waals surface area contributed by atoms with Gasteiger partial charge in [0.1, 0.15) is 0 Å². The molecule has 2 nitrogen and oxygen atoms in total. The van der Waals surface area contributed by atoms with Gasteiger partial charge in [0.25, 0.3) is 0 Å². The van der Waals surface area contributed by atoms with Crippen LogP contribution in [-0.4, -0.2) is 80.1 Å². The lowest BCUT2D eigenvalue weighted by Crippen LogP contribution is -2.57. The lowest BCUT2D eigenvalue weighted by Gasteiger charge is -2.54. The molecule has 0 aliphatic heterocycles. The Morgan fingerprint density at radius 1 is 0.475 bits per heavy atom. The topological polar surface area (TPSA) is 6.48 Å². The van der Waals surface area contributed by atoms with Crippen LogP contribution >= 0.6 is 15.2 Å². The van der Waals surface area contributed by atoms with Crippen molar-refractivity contribution in [3.8, 4) is 0 Å². The first-order valence-electron chi connectivity index (χ1n) is 15.1. The van der Waals surface area contributed by atoms with Gasteiger partial charge in [-0.05, 0) is 75.0 Å². The Bertz CT molecular complexity index is 980. The lowest BCUT2D eigenvalue weighted by atomic mass is 10.2. The molecule has 0 fully saturated rings. The van der Waals surface area contributed by atoms with Gasteiger partial charge in [0, 0.05) is 45.4 Å². The Hall–Kier alpha value is 0.0875. The molecule has 0 saturated carbocycles. The van der Waals surface area contributed by atoms with Crippen LogP contribution in [0.3, 0.4) is 0 Å². The third-order valence-electron chi connectivity index (χ3n) is 7.45. The summed E-state index contributed by atoms with van der Waals surface area (Å²) in [5, 5.41) is 3.49. The van der Waals surface area contributed by atoms with Gasteiger partial charge in [-0.3, -0.25) is 0 Å². The zero-order valence-electron chi connectivity index (χ0n) is 29.0. The van der Waals surface area contributed by atoms with Gasteiger partial charge in [0.2, 0.25) is 0 Å². The summed E-state index contributed by atoms with van der Waals surface area (Å²) in [6, 6.07) is 19.4. The van der Waals surface area contributed by atoms with Gasteiger partial charge >= 0.3 is 0 Å². The summed E-state index contributed by atoms with van der Waals surface area (Å²) in [7, 11) is 2.11. The SMILES string of the molecule is CN(C)Cc1ccccc1P(C([Si](C)(C)C)[Si](C)(C)C)P(c1ccccc1CN(C)C)C([Si](C)(C)C)[Si](C)(C)C. The second kappa shape index (κ2) is 13.8. The van der Waals surface area contributed by atoms with Crippen LogP contribution in [-0.2, 0) is 13.1 Å². The van der Waals surface area contributed by atoms with Crippen LogP contribution in [0.2, 0.25) is 78.6 Å². The first kappa shape index (κ1) is 36.3. The number of benzene rings is 2. The smallest absolute Gasteiger partial charge is 0.0499 e. The Labute approximate surface area is 256 Å². The Morgan fingerprint density at radius 2 is 0.725 bits per heavy atom. The highest BCUT2D eigenvalue weighted by Gasteiger charge is 2.53. The fraction of sp³-hybridized carbons (Fsp3) is 0.625. The van der Waals surface area contributed by atoms with Crippen LogP contribution in [0.15, 0.2) is 48.5 Å². The minimum Gasteiger partial charge on any atom is -0.305 e. The van der Waals surface area contributed by atoms with E-state index in [0.29, 0.717) is 0 Å². The first-order chi connectivity index (χ1) is 18.1. The van der Waals surface area contributed by atoms with Crippen molar-refractivity contribution >= 4 is 58.1 Å². The summed E-state index contributed by atoms with van der Waals surface area (Å²) in [4.78, 5) is 6.52. The average molecular weight is 649 g/mol. The summed E-state index contributed by atoms with van der Waals surface area (Å²) in [5.74, 6) is 0. The zero-order chi connectivity index (χ0) is 30.8. The van der Waals surface area contributed by atoms with E-state index in [1.165, 1.54) is 0 Å². The van der Waals surface area contributed by atoms with Crippen molar-refractivity contribution in [2.75, 3.05) is 28.2 Å². The summed E-state index contributed by atoms with van der Waals surface area (Å²) in [6.07, 6.45) is 0. The number of hydrogen-bond acceptors (Lipinski definition) is 2. The molecule has 8 heteroatoms.